The van der Waals surface area contributed by atoms with Crippen LogP contribution in [0.2, 0.25) is 0 Å². The maximum atomic E-state index is 11.9. The van der Waals surface area contributed by atoms with Gasteiger partial charge >= 0.3 is 6.09 Å². The SMILES string of the molecule is CC(C)(C)OC(=O)Nc1cccc(CN2CCN(CCO)CC2)c1. The summed E-state index contributed by atoms with van der Waals surface area (Å²) in [6, 6.07) is 7.88. The molecule has 0 aromatic heterocycles. The molecule has 1 fully saturated rings. The molecule has 1 aromatic carbocycles. The van der Waals surface area contributed by atoms with Gasteiger partial charge in [-0.25, -0.2) is 4.79 Å². The van der Waals surface area contributed by atoms with Crippen molar-refractivity contribution in [2.75, 3.05) is 44.6 Å². The number of ether oxygens (including phenoxy) is 1. The predicted octanol–water partition coefficient (Wildman–Crippen LogP) is 2.14. The highest BCUT2D eigenvalue weighted by Crippen LogP contribution is 2.16. The van der Waals surface area contributed by atoms with Crippen molar-refractivity contribution >= 4 is 11.8 Å². The molecule has 6 heteroatoms. The monoisotopic (exact) mass is 335 g/mol. The van der Waals surface area contributed by atoms with Crippen molar-refractivity contribution in [3.63, 3.8) is 0 Å². The molecule has 0 spiro atoms. The number of aliphatic hydroxyl groups is 1. The van der Waals surface area contributed by atoms with Crippen LogP contribution in [0.5, 0.6) is 0 Å². The van der Waals surface area contributed by atoms with Crippen molar-refractivity contribution in [3.05, 3.63) is 29.8 Å². The van der Waals surface area contributed by atoms with E-state index in [1.54, 1.807) is 0 Å². The molecule has 0 unspecified atom stereocenters. The normalized spacial score (nSPS) is 16.8. The second kappa shape index (κ2) is 8.46. The lowest BCUT2D eigenvalue weighted by molar-refractivity contribution is 0.0636. The molecule has 1 heterocycles. The van der Waals surface area contributed by atoms with Gasteiger partial charge in [0, 0.05) is 45.0 Å². The molecular formula is C18H29N3O3. The standard InChI is InChI=1S/C18H29N3O3/c1-18(2,3)24-17(23)19-16-6-4-5-15(13-16)14-21-9-7-20(8-10-21)11-12-22/h4-6,13,22H,7-12,14H2,1-3H3,(H,19,23). The lowest BCUT2D eigenvalue weighted by Gasteiger charge is -2.34. The summed E-state index contributed by atoms with van der Waals surface area (Å²) in [6.07, 6.45) is -0.433. The molecular weight excluding hydrogens is 306 g/mol. The van der Waals surface area contributed by atoms with E-state index in [4.69, 9.17) is 9.84 Å². The summed E-state index contributed by atoms with van der Waals surface area (Å²) in [5.74, 6) is 0. The number of nitrogens with one attached hydrogen (secondary N) is 1. The first kappa shape index (κ1) is 18.7. The first-order valence-corrected chi connectivity index (χ1v) is 8.50. The Morgan fingerprint density at radius 3 is 2.50 bits per heavy atom. The second-order valence-corrected chi connectivity index (χ2v) is 7.17. The molecule has 1 saturated heterocycles. The van der Waals surface area contributed by atoms with E-state index in [0.717, 1.165) is 45.0 Å². The third-order valence-corrected chi connectivity index (χ3v) is 3.86. The van der Waals surface area contributed by atoms with Crippen LogP contribution in [-0.2, 0) is 11.3 Å². The number of hydrogen-bond donors (Lipinski definition) is 2. The molecule has 6 nitrogen and oxygen atoms in total. The van der Waals surface area contributed by atoms with Crippen molar-refractivity contribution in [2.24, 2.45) is 0 Å². The number of benzene rings is 1. The Balaban J connectivity index is 1.86. The van der Waals surface area contributed by atoms with Gasteiger partial charge in [0.25, 0.3) is 0 Å². The average molecular weight is 335 g/mol. The number of β-amino-alcohol motifs (C(OH)–C–C–N with tert-alkyl or cyclic N) is 1. The molecule has 2 N–H and O–H groups in total. The second-order valence-electron chi connectivity index (χ2n) is 7.17. The van der Waals surface area contributed by atoms with Crippen LogP contribution in [0.3, 0.4) is 0 Å². The fourth-order valence-electron chi connectivity index (χ4n) is 2.74. The molecule has 1 aliphatic heterocycles. The maximum absolute atomic E-state index is 11.9. The first-order valence-electron chi connectivity index (χ1n) is 8.50. The Morgan fingerprint density at radius 1 is 1.21 bits per heavy atom. The number of aliphatic hydroxyl groups excluding tert-OH is 1. The highest BCUT2D eigenvalue weighted by Gasteiger charge is 2.18. The number of piperazine rings is 1. The number of nitrogens with zero attached hydrogens (tertiary/aromatic N) is 2. The molecule has 0 radical (unpaired) electrons. The van der Waals surface area contributed by atoms with E-state index in [-0.39, 0.29) is 6.61 Å². The fraction of sp³-hybridized carbons (Fsp3) is 0.611. The van der Waals surface area contributed by atoms with Gasteiger partial charge < -0.3 is 9.84 Å². The van der Waals surface area contributed by atoms with Gasteiger partial charge in [0.2, 0.25) is 0 Å². The molecule has 1 aliphatic rings. The van der Waals surface area contributed by atoms with Crippen LogP contribution in [0.4, 0.5) is 10.5 Å². The van der Waals surface area contributed by atoms with Crippen molar-refractivity contribution < 1.29 is 14.6 Å². The molecule has 0 aliphatic carbocycles. The van der Waals surface area contributed by atoms with Crippen LogP contribution in [-0.4, -0.2) is 65.9 Å². The van der Waals surface area contributed by atoms with Gasteiger partial charge in [0.1, 0.15) is 5.60 Å². The average Bonchev–Trinajstić information content (AvgIpc) is 2.48. The Kier molecular flexibility index (Phi) is 6.60. The molecule has 2 rings (SSSR count). The van der Waals surface area contributed by atoms with E-state index in [0.29, 0.717) is 0 Å². The van der Waals surface area contributed by atoms with Crippen molar-refractivity contribution in [1.29, 1.82) is 0 Å². The van der Waals surface area contributed by atoms with Crippen molar-refractivity contribution in [3.8, 4) is 0 Å². The van der Waals surface area contributed by atoms with Gasteiger partial charge in [-0.15, -0.1) is 0 Å². The van der Waals surface area contributed by atoms with E-state index in [9.17, 15) is 4.79 Å². The Morgan fingerprint density at radius 2 is 1.88 bits per heavy atom. The Bertz CT molecular complexity index is 535. The number of rotatable bonds is 5. The van der Waals surface area contributed by atoms with Crippen molar-refractivity contribution in [1.82, 2.24) is 9.80 Å². The third kappa shape index (κ3) is 6.47. The minimum atomic E-state index is -0.504. The molecule has 134 valence electrons. The number of carbonyl (C=O) groups is 1. The Hall–Kier alpha value is -1.63. The first-order chi connectivity index (χ1) is 11.4. The quantitative estimate of drug-likeness (QED) is 0.863. The minimum Gasteiger partial charge on any atom is -0.444 e. The predicted molar refractivity (Wildman–Crippen MR) is 95.1 cm³/mol. The van der Waals surface area contributed by atoms with Gasteiger partial charge in [0.05, 0.1) is 6.61 Å². The van der Waals surface area contributed by atoms with Crippen molar-refractivity contribution in [2.45, 2.75) is 32.9 Å². The highest BCUT2D eigenvalue weighted by molar-refractivity contribution is 5.84. The summed E-state index contributed by atoms with van der Waals surface area (Å²) in [5, 5.41) is 11.8. The summed E-state index contributed by atoms with van der Waals surface area (Å²) in [7, 11) is 0. The molecule has 24 heavy (non-hydrogen) atoms. The van der Waals surface area contributed by atoms with E-state index in [1.165, 1.54) is 5.56 Å². The molecule has 1 aromatic rings. The summed E-state index contributed by atoms with van der Waals surface area (Å²) in [6.45, 7) is 11.3. The van der Waals surface area contributed by atoms with E-state index < -0.39 is 11.7 Å². The number of anilines is 1. The van der Waals surface area contributed by atoms with Gasteiger partial charge in [-0.1, -0.05) is 12.1 Å². The summed E-state index contributed by atoms with van der Waals surface area (Å²) < 4.78 is 5.28. The smallest absolute Gasteiger partial charge is 0.412 e. The molecule has 0 bridgehead atoms. The van der Waals surface area contributed by atoms with Gasteiger partial charge in [-0.05, 0) is 38.5 Å². The third-order valence-electron chi connectivity index (χ3n) is 3.86. The van der Waals surface area contributed by atoms with Crippen LogP contribution >= 0.6 is 0 Å². The van der Waals surface area contributed by atoms with Gasteiger partial charge in [0.15, 0.2) is 0 Å². The van der Waals surface area contributed by atoms with Crippen LogP contribution in [0.15, 0.2) is 24.3 Å². The minimum absolute atomic E-state index is 0.221. The zero-order valence-corrected chi connectivity index (χ0v) is 14.9. The van der Waals surface area contributed by atoms with Crippen LogP contribution in [0.1, 0.15) is 26.3 Å². The zero-order chi connectivity index (χ0) is 17.6. The molecule has 1 amide bonds. The van der Waals surface area contributed by atoms with Crippen LogP contribution < -0.4 is 5.32 Å². The summed E-state index contributed by atoms with van der Waals surface area (Å²) in [4.78, 5) is 16.5. The summed E-state index contributed by atoms with van der Waals surface area (Å²) in [5.41, 5.74) is 1.41. The van der Waals surface area contributed by atoms with E-state index >= 15 is 0 Å². The lowest BCUT2D eigenvalue weighted by Crippen LogP contribution is -2.46. The molecule has 0 atom stereocenters. The number of carbonyl (C=O) groups excluding carboxylic acids is 1. The van der Waals surface area contributed by atoms with Gasteiger partial charge in [-0.3, -0.25) is 15.1 Å². The van der Waals surface area contributed by atoms with E-state index in [2.05, 4.69) is 21.2 Å². The lowest BCUT2D eigenvalue weighted by atomic mass is 10.1. The molecule has 0 saturated carbocycles. The van der Waals surface area contributed by atoms with Crippen LogP contribution in [0, 0.1) is 0 Å². The largest absolute Gasteiger partial charge is 0.444 e. The number of amides is 1. The van der Waals surface area contributed by atoms with E-state index in [1.807, 2.05) is 39.0 Å². The number of hydrogen-bond acceptors (Lipinski definition) is 5. The maximum Gasteiger partial charge on any atom is 0.412 e. The highest BCUT2D eigenvalue weighted by atomic mass is 16.6. The zero-order valence-electron chi connectivity index (χ0n) is 14.9. The fourth-order valence-corrected chi connectivity index (χ4v) is 2.74. The topological polar surface area (TPSA) is 65.0 Å². The summed E-state index contributed by atoms with van der Waals surface area (Å²) >= 11 is 0. The Labute approximate surface area is 144 Å². The van der Waals surface area contributed by atoms with Crippen LogP contribution in [0.25, 0.3) is 0 Å². The van der Waals surface area contributed by atoms with Gasteiger partial charge in [-0.2, -0.15) is 0 Å².